The molecule has 1 aliphatic heterocycles. The first kappa shape index (κ1) is 20.5. The topological polar surface area (TPSA) is 69.8 Å². The van der Waals surface area contributed by atoms with Gasteiger partial charge in [-0.3, -0.25) is 9.69 Å². The zero-order valence-electron chi connectivity index (χ0n) is 16.7. The summed E-state index contributed by atoms with van der Waals surface area (Å²) in [5.74, 6) is 0.374. The Morgan fingerprint density at radius 3 is 2.68 bits per heavy atom. The number of amides is 1. The Hall–Kier alpha value is -2.25. The summed E-state index contributed by atoms with van der Waals surface area (Å²) in [6.07, 6.45) is 0.835. The van der Waals surface area contributed by atoms with Crippen LogP contribution in [0.3, 0.4) is 0 Å². The van der Waals surface area contributed by atoms with Crippen LogP contribution in [0.2, 0.25) is 0 Å². The molecule has 3 rings (SSSR count). The Morgan fingerprint density at radius 2 is 2.04 bits per heavy atom. The van der Waals surface area contributed by atoms with Gasteiger partial charge >= 0.3 is 0 Å². The number of aromatic nitrogens is 1. The number of nitrogens with zero attached hydrogens (tertiary/aromatic N) is 3. The molecule has 1 atom stereocenters. The predicted octanol–water partition coefficient (Wildman–Crippen LogP) is 2.99. The minimum Gasteiger partial charge on any atom is -0.391 e. The van der Waals surface area contributed by atoms with Gasteiger partial charge < -0.3 is 14.5 Å². The highest BCUT2D eigenvalue weighted by atomic mass is 19.1. The van der Waals surface area contributed by atoms with Crippen LogP contribution in [-0.4, -0.2) is 51.6 Å². The van der Waals surface area contributed by atoms with Gasteiger partial charge in [0, 0.05) is 32.2 Å². The van der Waals surface area contributed by atoms with Crippen LogP contribution >= 0.6 is 0 Å². The second-order valence-electron chi connectivity index (χ2n) is 7.74. The third-order valence-electron chi connectivity index (χ3n) is 5.45. The van der Waals surface area contributed by atoms with Gasteiger partial charge in [0.2, 0.25) is 0 Å². The minimum atomic E-state index is -0.269. The standard InChI is InChI=1S/C21H28FN3O3/c1-14(2)19-12-25(21(27)20-18(13-26)15(3)28-23-20)10-4-9-24(19)11-16-5-7-17(22)8-6-16/h5-8,14,19,26H,4,9-13H2,1-3H3/t19-/m0/s1. The van der Waals surface area contributed by atoms with Crippen molar-refractivity contribution in [2.45, 2.75) is 46.4 Å². The van der Waals surface area contributed by atoms with Gasteiger partial charge in [-0.2, -0.15) is 0 Å². The van der Waals surface area contributed by atoms with Crippen molar-refractivity contribution in [3.63, 3.8) is 0 Å². The quantitative estimate of drug-likeness (QED) is 0.851. The van der Waals surface area contributed by atoms with E-state index >= 15 is 0 Å². The summed E-state index contributed by atoms with van der Waals surface area (Å²) in [5.41, 5.74) is 1.72. The summed E-state index contributed by atoms with van der Waals surface area (Å²) in [6, 6.07) is 6.76. The highest BCUT2D eigenvalue weighted by molar-refractivity contribution is 5.93. The van der Waals surface area contributed by atoms with Gasteiger partial charge in [0.1, 0.15) is 11.6 Å². The van der Waals surface area contributed by atoms with E-state index in [2.05, 4.69) is 23.9 Å². The fourth-order valence-electron chi connectivity index (χ4n) is 3.80. The number of halogens is 1. The molecule has 0 saturated carbocycles. The summed E-state index contributed by atoms with van der Waals surface area (Å²) in [4.78, 5) is 17.2. The Labute approximate surface area is 164 Å². The number of aliphatic hydroxyl groups is 1. The molecule has 1 aliphatic rings. The Kier molecular flexibility index (Phi) is 6.46. The van der Waals surface area contributed by atoms with Crippen molar-refractivity contribution in [3.05, 3.63) is 52.7 Å². The van der Waals surface area contributed by atoms with Gasteiger partial charge in [0.25, 0.3) is 5.91 Å². The van der Waals surface area contributed by atoms with E-state index in [-0.39, 0.29) is 30.1 Å². The van der Waals surface area contributed by atoms with Crippen LogP contribution in [0, 0.1) is 18.7 Å². The number of benzene rings is 1. The lowest BCUT2D eigenvalue weighted by molar-refractivity contribution is 0.0689. The molecule has 1 fully saturated rings. The first-order chi connectivity index (χ1) is 13.4. The predicted molar refractivity (Wildman–Crippen MR) is 103 cm³/mol. The monoisotopic (exact) mass is 389 g/mol. The van der Waals surface area contributed by atoms with E-state index < -0.39 is 0 Å². The van der Waals surface area contributed by atoms with Crippen molar-refractivity contribution in [3.8, 4) is 0 Å². The van der Waals surface area contributed by atoms with E-state index in [9.17, 15) is 14.3 Å². The average Bonchev–Trinajstić information content (AvgIpc) is 2.91. The van der Waals surface area contributed by atoms with E-state index in [0.717, 1.165) is 25.1 Å². The molecule has 1 aromatic heterocycles. The molecule has 2 aromatic rings. The van der Waals surface area contributed by atoms with Crippen molar-refractivity contribution in [1.29, 1.82) is 0 Å². The molecule has 28 heavy (non-hydrogen) atoms. The number of aliphatic hydroxyl groups excluding tert-OH is 1. The maximum absolute atomic E-state index is 13.2. The molecule has 1 amide bonds. The molecular formula is C21H28FN3O3. The van der Waals surface area contributed by atoms with Gasteiger partial charge in [-0.1, -0.05) is 31.1 Å². The van der Waals surface area contributed by atoms with Crippen LogP contribution < -0.4 is 0 Å². The fourth-order valence-corrected chi connectivity index (χ4v) is 3.80. The average molecular weight is 389 g/mol. The zero-order valence-corrected chi connectivity index (χ0v) is 16.7. The SMILES string of the molecule is Cc1onc(C(=O)N2CCCN(Cc3ccc(F)cc3)[C@H](C(C)C)C2)c1CO. The molecule has 0 aliphatic carbocycles. The van der Waals surface area contributed by atoms with Crippen LogP contribution in [0.25, 0.3) is 0 Å². The number of rotatable bonds is 5. The number of carbonyl (C=O) groups is 1. The van der Waals surface area contributed by atoms with Crippen molar-refractivity contribution < 1.29 is 18.8 Å². The molecule has 152 valence electrons. The van der Waals surface area contributed by atoms with E-state index in [0.29, 0.717) is 30.3 Å². The molecule has 0 bridgehead atoms. The molecule has 0 radical (unpaired) electrons. The van der Waals surface area contributed by atoms with Crippen LogP contribution in [-0.2, 0) is 13.2 Å². The Balaban J connectivity index is 1.78. The highest BCUT2D eigenvalue weighted by Crippen LogP contribution is 2.23. The number of carbonyl (C=O) groups excluding carboxylic acids is 1. The molecule has 1 saturated heterocycles. The van der Waals surface area contributed by atoms with E-state index in [1.807, 2.05) is 17.0 Å². The second kappa shape index (κ2) is 8.84. The van der Waals surface area contributed by atoms with Gasteiger partial charge in [-0.25, -0.2) is 4.39 Å². The lowest BCUT2D eigenvalue weighted by atomic mass is 10.0. The van der Waals surface area contributed by atoms with Crippen molar-refractivity contribution >= 4 is 5.91 Å². The fraction of sp³-hybridized carbons (Fsp3) is 0.524. The zero-order chi connectivity index (χ0) is 20.3. The molecule has 7 heteroatoms. The van der Waals surface area contributed by atoms with Gasteiger partial charge in [0.05, 0.1) is 12.2 Å². The summed E-state index contributed by atoms with van der Waals surface area (Å²) in [5, 5.41) is 13.4. The molecule has 0 unspecified atom stereocenters. The molecule has 1 N–H and O–H groups in total. The second-order valence-corrected chi connectivity index (χ2v) is 7.74. The third-order valence-corrected chi connectivity index (χ3v) is 5.45. The van der Waals surface area contributed by atoms with Gasteiger partial charge in [-0.15, -0.1) is 0 Å². The van der Waals surface area contributed by atoms with Crippen molar-refractivity contribution in [2.75, 3.05) is 19.6 Å². The number of hydrogen-bond acceptors (Lipinski definition) is 5. The Bertz CT molecular complexity index is 804. The van der Waals surface area contributed by atoms with Crippen molar-refractivity contribution in [1.82, 2.24) is 15.0 Å². The minimum absolute atomic E-state index is 0.169. The first-order valence-corrected chi connectivity index (χ1v) is 9.74. The molecule has 2 heterocycles. The van der Waals surface area contributed by atoms with E-state index in [1.54, 1.807) is 6.92 Å². The van der Waals surface area contributed by atoms with Crippen LogP contribution in [0.15, 0.2) is 28.8 Å². The maximum Gasteiger partial charge on any atom is 0.276 e. The third kappa shape index (κ3) is 4.42. The lowest BCUT2D eigenvalue weighted by Crippen LogP contribution is -2.45. The molecular weight excluding hydrogens is 361 g/mol. The largest absolute Gasteiger partial charge is 0.391 e. The summed E-state index contributed by atoms with van der Waals surface area (Å²) < 4.78 is 18.3. The number of hydrogen-bond donors (Lipinski definition) is 1. The smallest absolute Gasteiger partial charge is 0.276 e. The summed E-state index contributed by atoms with van der Waals surface area (Å²) in [6.45, 7) is 8.50. The highest BCUT2D eigenvalue weighted by Gasteiger charge is 2.32. The summed E-state index contributed by atoms with van der Waals surface area (Å²) in [7, 11) is 0. The molecule has 0 spiro atoms. The number of aryl methyl sites for hydroxylation is 1. The van der Waals surface area contributed by atoms with E-state index in [4.69, 9.17) is 4.52 Å². The normalized spacial score (nSPS) is 18.5. The lowest BCUT2D eigenvalue weighted by Gasteiger charge is -2.34. The van der Waals surface area contributed by atoms with Crippen LogP contribution in [0.4, 0.5) is 4.39 Å². The summed E-state index contributed by atoms with van der Waals surface area (Å²) >= 11 is 0. The van der Waals surface area contributed by atoms with Crippen LogP contribution in [0.5, 0.6) is 0 Å². The van der Waals surface area contributed by atoms with Gasteiger partial charge in [0.15, 0.2) is 5.69 Å². The molecule has 6 nitrogen and oxygen atoms in total. The maximum atomic E-state index is 13.2. The van der Waals surface area contributed by atoms with Crippen molar-refractivity contribution in [2.24, 2.45) is 5.92 Å². The molecule has 1 aromatic carbocycles. The van der Waals surface area contributed by atoms with Gasteiger partial charge in [-0.05, 0) is 37.0 Å². The van der Waals surface area contributed by atoms with E-state index in [1.165, 1.54) is 12.1 Å². The first-order valence-electron chi connectivity index (χ1n) is 9.74. The van der Waals surface area contributed by atoms with Crippen LogP contribution in [0.1, 0.15) is 47.6 Å². The Morgan fingerprint density at radius 1 is 1.32 bits per heavy atom.